The highest BCUT2D eigenvalue weighted by atomic mass is 16.1. The van der Waals surface area contributed by atoms with Gasteiger partial charge >= 0.3 is 0 Å². The Balaban J connectivity index is 2.15. The monoisotopic (exact) mass is 258 g/mol. The highest BCUT2D eigenvalue weighted by molar-refractivity contribution is 6.10. The van der Waals surface area contributed by atoms with Crippen LogP contribution in [0.25, 0.3) is 27.1 Å². The average molecular weight is 258 g/mol. The standard InChI is InChI=1S/C19H14O/c20-12-14-5-3-7-17-16(14)10-11-18-15-6-2-1-4-13(15)8-9-19(17)18/h1-2,4,6,8-11H,3,5,7H2. The van der Waals surface area contributed by atoms with Crippen molar-refractivity contribution in [2.24, 2.45) is 0 Å². The molecule has 4 rings (SSSR count). The average Bonchev–Trinajstić information content (AvgIpc) is 2.53. The predicted molar refractivity (Wildman–Crippen MR) is 83.5 cm³/mol. The van der Waals surface area contributed by atoms with Crippen molar-refractivity contribution < 1.29 is 4.79 Å². The Morgan fingerprint density at radius 2 is 1.65 bits per heavy atom. The molecule has 0 N–H and O–H groups in total. The van der Waals surface area contributed by atoms with E-state index in [4.69, 9.17) is 0 Å². The number of benzene rings is 3. The molecular formula is C19H14O. The van der Waals surface area contributed by atoms with E-state index in [0.717, 1.165) is 30.4 Å². The topological polar surface area (TPSA) is 17.1 Å². The van der Waals surface area contributed by atoms with Gasteiger partial charge in [-0.15, -0.1) is 0 Å². The van der Waals surface area contributed by atoms with Crippen LogP contribution in [0.5, 0.6) is 0 Å². The van der Waals surface area contributed by atoms with E-state index < -0.39 is 0 Å². The Hall–Kier alpha value is -2.37. The van der Waals surface area contributed by atoms with Gasteiger partial charge in [0.05, 0.1) is 0 Å². The van der Waals surface area contributed by atoms with Crippen LogP contribution >= 0.6 is 0 Å². The fraction of sp³-hybridized carbons (Fsp3) is 0.158. The van der Waals surface area contributed by atoms with Crippen LogP contribution in [0, 0.1) is 0 Å². The van der Waals surface area contributed by atoms with Crippen molar-refractivity contribution >= 4 is 33.1 Å². The zero-order valence-corrected chi connectivity index (χ0v) is 11.1. The number of hydrogen-bond acceptors (Lipinski definition) is 1. The first-order valence-corrected chi connectivity index (χ1v) is 7.06. The lowest BCUT2D eigenvalue weighted by Crippen LogP contribution is -2.03. The SMILES string of the molecule is O=C=C1CCCc2c1ccc1c2ccc2ccccc21. The summed E-state index contributed by atoms with van der Waals surface area (Å²) in [7, 11) is 0. The lowest BCUT2D eigenvalue weighted by Gasteiger charge is -2.19. The first kappa shape index (κ1) is 11.5. The molecule has 1 aliphatic rings. The third-order valence-corrected chi connectivity index (χ3v) is 4.34. The molecule has 0 heterocycles. The summed E-state index contributed by atoms with van der Waals surface area (Å²) in [5, 5.41) is 5.12. The van der Waals surface area contributed by atoms with Crippen molar-refractivity contribution in [2.45, 2.75) is 19.3 Å². The van der Waals surface area contributed by atoms with E-state index in [-0.39, 0.29) is 0 Å². The molecule has 0 saturated heterocycles. The lowest BCUT2D eigenvalue weighted by atomic mass is 9.84. The van der Waals surface area contributed by atoms with Crippen molar-refractivity contribution in [3.63, 3.8) is 0 Å². The van der Waals surface area contributed by atoms with Crippen LogP contribution in [0.1, 0.15) is 24.0 Å². The number of hydrogen-bond donors (Lipinski definition) is 0. The van der Waals surface area contributed by atoms with Crippen LogP contribution in [-0.4, -0.2) is 5.94 Å². The Bertz CT molecular complexity index is 883. The molecule has 0 aliphatic heterocycles. The molecule has 0 aromatic heterocycles. The minimum atomic E-state index is 0.835. The number of aryl methyl sites for hydroxylation is 1. The van der Waals surface area contributed by atoms with Crippen molar-refractivity contribution in [1.29, 1.82) is 0 Å². The number of fused-ring (bicyclic) bond motifs is 5. The van der Waals surface area contributed by atoms with Gasteiger partial charge in [0.2, 0.25) is 0 Å². The summed E-state index contributed by atoms with van der Waals surface area (Å²) in [5.74, 6) is 2.13. The third kappa shape index (κ3) is 1.54. The maximum Gasteiger partial charge on any atom is 0.128 e. The second-order valence-corrected chi connectivity index (χ2v) is 5.41. The van der Waals surface area contributed by atoms with Gasteiger partial charge in [-0.25, -0.2) is 4.79 Å². The van der Waals surface area contributed by atoms with Gasteiger partial charge in [0.15, 0.2) is 0 Å². The molecule has 0 amide bonds. The maximum atomic E-state index is 11.1. The Morgan fingerprint density at radius 1 is 0.800 bits per heavy atom. The van der Waals surface area contributed by atoms with Gasteiger partial charge in [0.1, 0.15) is 5.94 Å². The predicted octanol–water partition coefficient (Wildman–Crippen LogP) is 4.54. The normalized spacial score (nSPS) is 14.3. The molecule has 20 heavy (non-hydrogen) atoms. The molecule has 1 nitrogen and oxygen atoms in total. The quantitative estimate of drug-likeness (QED) is 0.427. The van der Waals surface area contributed by atoms with E-state index in [0.29, 0.717) is 0 Å². The second-order valence-electron chi connectivity index (χ2n) is 5.41. The molecule has 1 heteroatoms. The molecule has 0 spiro atoms. The maximum absolute atomic E-state index is 11.1. The van der Waals surface area contributed by atoms with Gasteiger partial charge in [0.25, 0.3) is 0 Å². The molecule has 0 fully saturated rings. The molecule has 96 valence electrons. The molecule has 1 aliphatic carbocycles. The zero-order valence-electron chi connectivity index (χ0n) is 11.1. The summed E-state index contributed by atoms with van der Waals surface area (Å²) >= 11 is 0. The smallest absolute Gasteiger partial charge is 0.128 e. The van der Waals surface area contributed by atoms with E-state index in [1.54, 1.807) is 0 Å². The van der Waals surface area contributed by atoms with Gasteiger partial charge in [-0.3, -0.25) is 0 Å². The molecule has 0 atom stereocenters. The van der Waals surface area contributed by atoms with Gasteiger partial charge in [-0.2, -0.15) is 0 Å². The summed E-state index contributed by atoms with van der Waals surface area (Å²) in [5.41, 5.74) is 3.26. The fourth-order valence-electron chi connectivity index (χ4n) is 3.39. The second kappa shape index (κ2) is 4.33. The van der Waals surface area contributed by atoms with Gasteiger partial charge < -0.3 is 0 Å². The highest BCUT2D eigenvalue weighted by Gasteiger charge is 2.17. The zero-order chi connectivity index (χ0) is 13.5. The Morgan fingerprint density at radius 3 is 2.55 bits per heavy atom. The minimum Gasteiger partial charge on any atom is -0.233 e. The number of carbonyl (C=O) groups excluding carboxylic acids is 1. The van der Waals surface area contributed by atoms with E-state index in [2.05, 4.69) is 54.5 Å². The molecule has 0 radical (unpaired) electrons. The molecule has 3 aromatic rings. The van der Waals surface area contributed by atoms with Gasteiger partial charge in [0, 0.05) is 5.57 Å². The summed E-state index contributed by atoms with van der Waals surface area (Å²) < 4.78 is 0. The van der Waals surface area contributed by atoms with Gasteiger partial charge in [-0.05, 0) is 51.9 Å². The number of rotatable bonds is 0. The van der Waals surface area contributed by atoms with Crippen molar-refractivity contribution in [1.82, 2.24) is 0 Å². The van der Waals surface area contributed by atoms with E-state index >= 15 is 0 Å². The summed E-state index contributed by atoms with van der Waals surface area (Å²) in [4.78, 5) is 11.1. The molecule has 0 unspecified atom stereocenters. The van der Waals surface area contributed by atoms with Crippen LogP contribution in [0.3, 0.4) is 0 Å². The summed E-state index contributed by atoms with van der Waals surface area (Å²) in [6, 6.07) is 17.1. The molecule has 0 bridgehead atoms. The van der Waals surface area contributed by atoms with Crippen LogP contribution < -0.4 is 0 Å². The lowest BCUT2D eigenvalue weighted by molar-refractivity contribution is 0.568. The number of allylic oxidation sites excluding steroid dienone is 1. The van der Waals surface area contributed by atoms with E-state index in [9.17, 15) is 4.79 Å². The summed E-state index contributed by atoms with van der Waals surface area (Å²) in [6.45, 7) is 0. The largest absolute Gasteiger partial charge is 0.233 e. The van der Waals surface area contributed by atoms with E-state index in [1.165, 1.54) is 27.1 Å². The molecular weight excluding hydrogens is 244 g/mol. The van der Waals surface area contributed by atoms with Gasteiger partial charge in [-0.1, -0.05) is 48.5 Å². The third-order valence-electron chi connectivity index (χ3n) is 4.34. The van der Waals surface area contributed by atoms with Crippen molar-refractivity contribution in [2.75, 3.05) is 0 Å². The molecule has 3 aromatic carbocycles. The van der Waals surface area contributed by atoms with Crippen LogP contribution in [0.15, 0.2) is 48.5 Å². The van der Waals surface area contributed by atoms with Crippen LogP contribution in [-0.2, 0) is 11.2 Å². The first-order valence-electron chi connectivity index (χ1n) is 7.06. The molecule has 0 saturated carbocycles. The van der Waals surface area contributed by atoms with Crippen molar-refractivity contribution in [3.8, 4) is 0 Å². The summed E-state index contributed by atoms with van der Waals surface area (Å²) in [6.07, 6.45) is 2.95. The first-order chi connectivity index (χ1) is 9.88. The Labute approximate surface area is 117 Å². The minimum absolute atomic E-state index is 0.835. The van der Waals surface area contributed by atoms with Crippen LogP contribution in [0.2, 0.25) is 0 Å². The fourth-order valence-corrected chi connectivity index (χ4v) is 3.39. The van der Waals surface area contributed by atoms with E-state index in [1.807, 2.05) is 0 Å². The Kier molecular flexibility index (Phi) is 2.48. The highest BCUT2D eigenvalue weighted by Crippen LogP contribution is 2.36. The van der Waals surface area contributed by atoms with Crippen LogP contribution in [0.4, 0.5) is 0 Å². The van der Waals surface area contributed by atoms with Crippen molar-refractivity contribution in [3.05, 3.63) is 59.7 Å².